The number of rotatable bonds is 2. The lowest BCUT2D eigenvalue weighted by Crippen LogP contribution is -2.62. The Morgan fingerprint density at radius 1 is 1.26 bits per heavy atom. The molecule has 3 heteroatoms. The van der Waals surface area contributed by atoms with Gasteiger partial charge in [-0.05, 0) is 31.9 Å². The third kappa shape index (κ3) is 2.32. The van der Waals surface area contributed by atoms with Crippen molar-refractivity contribution in [2.75, 3.05) is 25.1 Å². The van der Waals surface area contributed by atoms with Gasteiger partial charge in [-0.2, -0.15) is 0 Å². The Morgan fingerprint density at radius 2 is 2.00 bits per heavy atom. The van der Waals surface area contributed by atoms with Gasteiger partial charge in [0.25, 0.3) is 0 Å². The summed E-state index contributed by atoms with van der Waals surface area (Å²) in [6.07, 6.45) is 5.35. The molecular formula is C16H24N2O. The van der Waals surface area contributed by atoms with Gasteiger partial charge in [0.2, 0.25) is 0 Å². The maximum Gasteiger partial charge on any atom is 0.142 e. The molecule has 1 heterocycles. The first kappa shape index (κ1) is 12.8. The number of hydrogen-bond acceptors (Lipinski definition) is 3. The van der Waals surface area contributed by atoms with Crippen molar-refractivity contribution in [3.05, 3.63) is 24.3 Å². The van der Waals surface area contributed by atoms with Gasteiger partial charge in [-0.15, -0.1) is 0 Å². The fourth-order valence-corrected chi connectivity index (χ4v) is 3.59. The first-order chi connectivity index (χ1) is 9.24. The average molecular weight is 260 g/mol. The quantitative estimate of drug-likeness (QED) is 0.885. The van der Waals surface area contributed by atoms with Gasteiger partial charge in [0.05, 0.1) is 12.8 Å². The molecule has 1 saturated heterocycles. The van der Waals surface area contributed by atoms with Crippen molar-refractivity contribution < 1.29 is 4.74 Å². The molecule has 1 atom stereocenters. The second-order valence-electron chi connectivity index (χ2n) is 6.02. The van der Waals surface area contributed by atoms with Crippen LogP contribution in [0.5, 0.6) is 5.75 Å². The van der Waals surface area contributed by atoms with Crippen LogP contribution in [0.4, 0.5) is 5.69 Å². The Morgan fingerprint density at radius 3 is 2.74 bits per heavy atom. The molecule has 0 aromatic heterocycles. The zero-order valence-electron chi connectivity index (χ0n) is 12.0. The largest absolute Gasteiger partial charge is 0.495 e. The number of methoxy groups -OCH3 is 1. The van der Waals surface area contributed by atoms with Gasteiger partial charge in [-0.25, -0.2) is 0 Å². The van der Waals surface area contributed by atoms with Gasteiger partial charge < -0.3 is 15.0 Å². The molecule has 3 rings (SSSR count). The standard InChI is InChI=1S/C16H24N2O/c1-13-11-17-16(9-5-6-10-16)12-18(13)14-7-3-4-8-15(14)19-2/h3-4,7-8,13,17H,5-6,9-12H2,1-2H3. The smallest absolute Gasteiger partial charge is 0.142 e. The molecule has 2 fully saturated rings. The van der Waals surface area contributed by atoms with Crippen molar-refractivity contribution in [2.45, 2.75) is 44.2 Å². The Kier molecular flexibility index (Phi) is 3.40. The third-order valence-corrected chi connectivity index (χ3v) is 4.73. The van der Waals surface area contributed by atoms with E-state index in [1.807, 2.05) is 6.07 Å². The lowest BCUT2D eigenvalue weighted by atomic mass is 9.92. The highest BCUT2D eigenvalue weighted by atomic mass is 16.5. The first-order valence-corrected chi connectivity index (χ1v) is 7.39. The van der Waals surface area contributed by atoms with Crippen LogP contribution in [0.3, 0.4) is 0 Å². The summed E-state index contributed by atoms with van der Waals surface area (Å²) in [4.78, 5) is 2.53. The number of ether oxygens (including phenoxy) is 1. The van der Waals surface area contributed by atoms with E-state index in [4.69, 9.17) is 4.74 Å². The molecule has 1 aromatic carbocycles. The number of piperazine rings is 1. The number of para-hydroxylation sites is 2. The highest BCUT2D eigenvalue weighted by Gasteiger charge is 2.40. The van der Waals surface area contributed by atoms with Crippen LogP contribution in [-0.2, 0) is 0 Å². The van der Waals surface area contributed by atoms with Crippen molar-refractivity contribution in [1.82, 2.24) is 5.32 Å². The SMILES string of the molecule is COc1ccccc1N1CC2(CCCC2)NCC1C. The molecule has 1 saturated carbocycles. The van der Waals surface area contributed by atoms with Crippen LogP contribution in [0, 0.1) is 0 Å². The summed E-state index contributed by atoms with van der Waals surface area (Å²) in [6.45, 7) is 4.47. The maximum atomic E-state index is 5.54. The fourth-order valence-electron chi connectivity index (χ4n) is 3.59. The van der Waals surface area contributed by atoms with Crippen LogP contribution in [-0.4, -0.2) is 31.8 Å². The summed E-state index contributed by atoms with van der Waals surface area (Å²) in [5.74, 6) is 0.990. The Balaban J connectivity index is 1.89. The molecule has 1 spiro atoms. The number of nitrogens with zero attached hydrogens (tertiary/aromatic N) is 1. The van der Waals surface area contributed by atoms with Crippen LogP contribution in [0.1, 0.15) is 32.6 Å². The van der Waals surface area contributed by atoms with Crippen molar-refractivity contribution in [2.24, 2.45) is 0 Å². The molecule has 2 aliphatic rings. The Labute approximate surface area is 115 Å². The van der Waals surface area contributed by atoms with Crippen LogP contribution in [0.25, 0.3) is 0 Å². The molecule has 1 aliphatic heterocycles. The number of hydrogen-bond donors (Lipinski definition) is 1. The van der Waals surface area contributed by atoms with E-state index >= 15 is 0 Å². The van der Waals surface area contributed by atoms with E-state index in [0.29, 0.717) is 11.6 Å². The van der Waals surface area contributed by atoms with Crippen LogP contribution >= 0.6 is 0 Å². The van der Waals surface area contributed by atoms with Crippen molar-refractivity contribution in [3.63, 3.8) is 0 Å². The van der Waals surface area contributed by atoms with Gasteiger partial charge >= 0.3 is 0 Å². The molecular weight excluding hydrogens is 236 g/mol. The van der Waals surface area contributed by atoms with Crippen molar-refractivity contribution in [3.8, 4) is 5.75 Å². The minimum absolute atomic E-state index is 0.341. The van der Waals surface area contributed by atoms with E-state index in [1.54, 1.807) is 7.11 Å². The van der Waals surface area contributed by atoms with Gasteiger partial charge in [0.1, 0.15) is 5.75 Å². The first-order valence-electron chi connectivity index (χ1n) is 7.39. The predicted molar refractivity (Wildman–Crippen MR) is 79.0 cm³/mol. The molecule has 1 aliphatic carbocycles. The molecule has 104 valence electrons. The van der Waals surface area contributed by atoms with E-state index < -0.39 is 0 Å². The van der Waals surface area contributed by atoms with Crippen LogP contribution < -0.4 is 15.0 Å². The Hall–Kier alpha value is -1.22. The normalized spacial score (nSPS) is 25.8. The molecule has 3 nitrogen and oxygen atoms in total. The van der Waals surface area contributed by atoms with E-state index in [0.717, 1.165) is 18.8 Å². The van der Waals surface area contributed by atoms with Gasteiger partial charge in [0.15, 0.2) is 0 Å². The highest BCUT2D eigenvalue weighted by Crippen LogP contribution is 2.37. The predicted octanol–water partition coefficient (Wildman–Crippen LogP) is 2.81. The average Bonchev–Trinajstić information content (AvgIpc) is 2.90. The molecule has 19 heavy (non-hydrogen) atoms. The van der Waals surface area contributed by atoms with Crippen LogP contribution in [0.15, 0.2) is 24.3 Å². The van der Waals surface area contributed by atoms with E-state index in [1.165, 1.54) is 31.4 Å². The molecule has 0 bridgehead atoms. The van der Waals surface area contributed by atoms with E-state index in [-0.39, 0.29) is 0 Å². The summed E-state index contributed by atoms with van der Waals surface area (Å²) >= 11 is 0. The molecule has 0 amide bonds. The van der Waals surface area contributed by atoms with Gasteiger partial charge in [-0.3, -0.25) is 0 Å². The minimum atomic E-state index is 0.341. The summed E-state index contributed by atoms with van der Waals surface area (Å²) in [5.41, 5.74) is 1.58. The monoisotopic (exact) mass is 260 g/mol. The summed E-state index contributed by atoms with van der Waals surface area (Å²) in [5, 5.41) is 3.80. The Bertz CT molecular complexity index is 440. The highest BCUT2D eigenvalue weighted by molar-refractivity contribution is 5.59. The summed E-state index contributed by atoms with van der Waals surface area (Å²) in [7, 11) is 1.76. The van der Waals surface area contributed by atoms with E-state index in [9.17, 15) is 0 Å². The molecule has 1 unspecified atom stereocenters. The van der Waals surface area contributed by atoms with Crippen molar-refractivity contribution in [1.29, 1.82) is 0 Å². The second-order valence-corrected chi connectivity index (χ2v) is 6.02. The molecule has 1 N–H and O–H groups in total. The summed E-state index contributed by atoms with van der Waals surface area (Å²) in [6, 6.07) is 8.91. The summed E-state index contributed by atoms with van der Waals surface area (Å²) < 4.78 is 5.54. The fraction of sp³-hybridized carbons (Fsp3) is 0.625. The number of anilines is 1. The lowest BCUT2D eigenvalue weighted by molar-refractivity contribution is 0.275. The van der Waals surface area contributed by atoms with E-state index in [2.05, 4.69) is 35.3 Å². The molecule has 1 aromatic rings. The lowest BCUT2D eigenvalue weighted by Gasteiger charge is -2.46. The third-order valence-electron chi connectivity index (χ3n) is 4.73. The number of benzene rings is 1. The van der Waals surface area contributed by atoms with Crippen LogP contribution in [0.2, 0.25) is 0 Å². The van der Waals surface area contributed by atoms with Gasteiger partial charge in [0, 0.05) is 24.7 Å². The topological polar surface area (TPSA) is 24.5 Å². The molecule has 0 radical (unpaired) electrons. The minimum Gasteiger partial charge on any atom is -0.495 e. The van der Waals surface area contributed by atoms with Crippen molar-refractivity contribution >= 4 is 5.69 Å². The zero-order valence-corrected chi connectivity index (χ0v) is 12.0. The number of nitrogens with one attached hydrogen (secondary N) is 1. The maximum absolute atomic E-state index is 5.54. The second kappa shape index (κ2) is 5.04. The zero-order chi connectivity index (χ0) is 13.3. The van der Waals surface area contributed by atoms with Gasteiger partial charge in [-0.1, -0.05) is 25.0 Å².